The number of likely N-dealkylation sites (tertiary alicyclic amines) is 1. The lowest BCUT2D eigenvalue weighted by Crippen LogP contribution is -2.71. The Bertz CT molecular complexity index is 591. The van der Waals surface area contributed by atoms with Gasteiger partial charge in [-0.25, -0.2) is 4.79 Å². The number of methoxy groups -OCH3 is 1. The predicted octanol–water partition coefficient (Wildman–Crippen LogP) is 3.50. The molecule has 6 nitrogen and oxygen atoms in total. The molecule has 1 saturated carbocycles. The topological polar surface area (TPSA) is 57.2 Å². The van der Waals surface area contributed by atoms with E-state index in [4.69, 9.17) is 18.9 Å². The van der Waals surface area contributed by atoms with Gasteiger partial charge in [-0.05, 0) is 54.4 Å². The summed E-state index contributed by atoms with van der Waals surface area (Å²) in [6.07, 6.45) is 3.01. The van der Waals surface area contributed by atoms with Gasteiger partial charge in [0.2, 0.25) is 0 Å². The summed E-state index contributed by atoms with van der Waals surface area (Å²) in [4.78, 5) is 14.7. The molecule has 1 spiro atoms. The molecule has 0 aromatic rings. The zero-order valence-corrected chi connectivity index (χ0v) is 17.1. The zero-order valence-electron chi connectivity index (χ0n) is 17.1. The van der Waals surface area contributed by atoms with Crippen LogP contribution in [0, 0.1) is 5.92 Å². The second-order valence-electron chi connectivity index (χ2n) is 9.35. The maximum Gasteiger partial charge on any atom is 0.410 e. The molecule has 2 saturated heterocycles. The molecule has 6 heteroatoms. The van der Waals surface area contributed by atoms with Crippen LogP contribution >= 0.6 is 0 Å². The molecular formula is C20H33NO5. The van der Waals surface area contributed by atoms with E-state index in [1.165, 1.54) is 0 Å². The Hall–Kier alpha value is -1.11. The normalized spacial score (nSPS) is 37.8. The Morgan fingerprint density at radius 1 is 1.23 bits per heavy atom. The number of fused-ring (bicyclic) bond motifs is 1. The summed E-state index contributed by atoms with van der Waals surface area (Å²) in [5, 5.41) is 0. The van der Waals surface area contributed by atoms with Crippen LogP contribution < -0.4 is 0 Å². The number of carbonyl (C=O) groups excluding carboxylic acids is 1. The number of piperidine rings is 1. The van der Waals surface area contributed by atoms with Crippen molar-refractivity contribution in [1.82, 2.24) is 4.90 Å². The second-order valence-corrected chi connectivity index (χ2v) is 9.35. The van der Waals surface area contributed by atoms with Crippen LogP contribution in [0.4, 0.5) is 4.79 Å². The fourth-order valence-corrected chi connectivity index (χ4v) is 4.27. The maximum atomic E-state index is 12.9. The monoisotopic (exact) mass is 367 g/mol. The number of nitrogens with zero attached hydrogens (tertiary/aromatic N) is 1. The van der Waals surface area contributed by atoms with Crippen molar-refractivity contribution in [2.24, 2.45) is 5.92 Å². The highest BCUT2D eigenvalue weighted by molar-refractivity contribution is 5.70. The van der Waals surface area contributed by atoms with Crippen LogP contribution in [-0.4, -0.2) is 59.4 Å². The summed E-state index contributed by atoms with van der Waals surface area (Å²) in [6.45, 7) is 16.0. The summed E-state index contributed by atoms with van der Waals surface area (Å²) in [5.41, 5.74) is -1.43. The quantitative estimate of drug-likeness (QED) is 0.699. The Kier molecular flexibility index (Phi) is 4.49. The van der Waals surface area contributed by atoms with Gasteiger partial charge in [0.15, 0.2) is 5.79 Å². The van der Waals surface area contributed by atoms with Crippen molar-refractivity contribution in [3.8, 4) is 0 Å². The molecule has 1 amide bonds. The van der Waals surface area contributed by atoms with Crippen LogP contribution in [0.5, 0.6) is 0 Å². The maximum absolute atomic E-state index is 12.9. The molecule has 2 aliphatic heterocycles. The largest absolute Gasteiger partial charge is 0.444 e. The molecule has 3 aliphatic rings. The molecule has 0 aromatic carbocycles. The van der Waals surface area contributed by atoms with Crippen molar-refractivity contribution in [1.29, 1.82) is 0 Å². The zero-order chi connectivity index (χ0) is 19.5. The van der Waals surface area contributed by atoms with E-state index in [9.17, 15) is 4.79 Å². The van der Waals surface area contributed by atoms with E-state index in [0.717, 1.165) is 12.8 Å². The van der Waals surface area contributed by atoms with Crippen molar-refractivity contribution < 1.29 is 23.7 Å². The number of carbonyl (C=O) groups is 1. The average Bonchev–Trinajstić information content (AvgIpc) is 3.28. The predicted molar refractivity (Wildman–Crippen MR) is 97.8 cm³/mol. The van der Waals surface area contributed by atoms with E-state index in [1.807, 2.05) is 52.5 Å². The van der Waals surface area contributed by atoms with Crippen molar-refractivity contribution in [3.63, 3.8) is 0 Å². The van der Waals surface area contributed by atoms with E-state index < -0.39 is 17.0 Å². The molecule has 3 fully saturated rings. The smallest absolute Gasteiger partial charge is 0.410 e. The standard InChI is InChI=1S/C20H33NO5/c1-9-13-15-14(24-19(7,23-8)18(5,6)25-15)12-21(20(13)10-11-20)16(22)26-17(2,3)4/h9,13-15H,1,10-12H2,2-8H3. The highest BCUT2D eigenvalue weighted by Crippen LogP contribution is 2.56. The van der Waals surface area contributed by atoms with Crippen molar-refractivity contribution in [2.45, 2.75) is 89.1 Å². The molecule has 3 rings (SSSR count). The van der Waals surface area contributed by atoms with E-state index in [0.29, 0.717) is 6.54 Å². The lowest BCUT2D eigenvalue weighted by atomic mass is 9.80. The summed E-state index contributed by atoms with van der Waals surface area (Å²) >= 11 is 0. The third-order valence-electron chi connectivity index (χ3n) is 6.16. The molecule has 26 heavy (non-hydrogen) atoms. The first-order chi connectivity index (χ1) is 11.9. The summed E-state index contributed by atoms with van der Waals surface area (Å²) < 4.78 is 24.2. The molecule has 1 aliphatic carbocycles. The summed E-state index contributed by atoms with van der Waals surface area (Å²) in [6, 6.07) is 0. The molecule has 4 atom stereocenters. The number of hydrogen-bond acceptors (Lipinski definition) is 5. The molecule has 0 radical (unpaired) electrons. The van der Waals surface area contributed by atoms with Crippen molar-refractivity contribution in [2.75, 3.05) is 13.7 Å². The minimum absolute atomic E-state index is 0.00514. The van der Waals surface area contributed by atoms with Gasteiger partial charge in [0.05, 0.1) is 18.2 Å². The van der Waals surface area contributed by atoms with Gasteiger partial charge in [-0.3, -0.25) is 4.90 Å². The van der Waals surface area contributed by atoms with Gasteiger partial charge < -0.3 is 18.9 Å². The molecule has 0 aromatic heterocycles. The first-order valence-corrected chi connectivity index (χ1v) is 9.43. The average molecular weight is 367 g/mol. The van der Waals surface area contributed by atoms with Gasteiger partial charge in [0.1, 0.15) is 17.3 Å². The Balaban J connectivity index is 1.92. The number of amides is 1. The van der Waals surface area contributed by atoms with Gasteiger partial charge in [0.25, 0.3) is 0 Å². The highest BCUT2D eigenvalue weighted by atomic mass is 16.7. The van der Waals surface area contributed by atoms with Crippen molar-refractivity contribution >= 4 is 6.09 Å². The minimum Gasteiger partial charge on any atom is -0.444 e. The highest BCUT2D eigenvalue weighted by Gasteiger charge is 2.66. The van der Waals surface area contributed by atoms with E-state index >= 15 is 0 Å². The second kappa shape index (κ2) is 5.94. The Morgan fingerprint density at radius 2 is 1.85 bits per heavy atom. The molecule has 0 N–H and O–H groups in total. The van der Waals surface area contributed by atoms with Gasteiger partial charge in [-0.2, -0.15) is 0 Å². The van der Waals surface area contributed by atoms with Crippen LogP contribution in [-0.2, 0) is 18.9 Å². The van der Waals surface area contributed by atoms with Gasteiger partial charge in [-0.15, -0.1) is 6.58 Å². The van der Waals surface area contributed by atoms with Gasteiger partial charge in [-0.1, -0.05) is 6.08 Å². The lowest BCUT2D eigenvalue weighted by molar-refractivity contribution is -0.394. The SMILES string of the molecule is C=CC1C2OC(C)(C)C(C)(OC)OC2CN(C(=O)OC(C)(C)C)C12CC2. The first kappa shape index (κ1) is 19.6. The van der Waals surface area contributed by atoms with E-state index in [2.05, 4.69) is 6.58 Å². The third kappa shape index (κ3) is 2.96. The van der Waals surface area contributed by atoms with E-state index in [-0.39, 0.29) is 29.8 Å². The Morgan fingerprint density at radius 3 is 2.31 bits per heavy atom. The van der Waals surface area contributed by atoms with Crippen LogP contribution in [0.25, 0.3) is 0 Å². The van der Waals surface area contributed by atoms with Gasteiger partial charge >= 0.3 is 6.09 Å². The Labute approximate surface area is 156 Å². The fraction of sp³-hybridized carbons (Fsp3) is 0.850. The number of ether oxygens (including phenoxy) is 4. The molecule has 148 valence electrons. The molecule has 4 unspecified atom stereocenters. The van der Waals surface area contributed by atoms with E-state index in [1.54, 1.807) is 7.11 Å². The van der Waals surface area contributed by atoms with Crippen LogP contribution in [0.15, 0.2) is 12.7 Å². The summed E-state index contributed by atoms with van der Waals surface area (Å²) in [5.74, 6) is -0.900. The summed E-state index contributed by atoms with van der Waals surface area (Å²) in [7, 11) is 1.62. The molecule has 2 heterocycles. The number of hydrogen-bond donors (Lipinski definition) is 0. The van der Waals surface area contributed by atoms with Crippen LogP contribution in [0.1, 0.15) is 54.4 Å². The van der Waals surface area contributed by atoms with Crippen LogP contribution in [0.3, 0.4) is 0 Å². The molecule has 0 bridgehead atoms. The van der Waals surface area contributed by atoms with Crippen LogP contribution in [0.2, 0.25) is 0 Å². The number of rotatable bonds is 2. The fourth-order valence-electron chi connectivity index (χ4n) is 4.27. The lowest BCUT2D eigenvalue weighted by Gasteiger charge is -2.58. The third-order valence-corrected chi connectivity index (χ3v) is 6.16. The van der Waals surface area contributed by atoms with Crippen molar-refractivity contribution in [3.05, 3.63) is 12.7 Å². The molecular weight excluding hydrogens is 334 g/mol. The van der Waals surface area contributed by atoms with Gasteiger partial charge in [0, 0.05) is 13.0 Å². The first-order valence-electron chi connectivity index (χ1n) is 9.43. The minimum atomic E-state index is -0.895.